The summed E-state index contributed by atoms with van der Waals surface area (Å²) in [4.78, 5) is 11.2. The molecule has 144 valence electrons. The monoisotopic (exact) mass is 529 g/mol. The normalized spacial score (nSPS) is 11.7. The van der Waals surface area contributed by atoms with E-state index < -0.39 is 10.0 Å². The lowest BCUT2D eigenvalue weighted by atomic mass is 10.4. The Hall–Kier alpha value is -0.950. The molecule has 11 heteroatoms. The summed E-state index contributed by atoms with van der Waals surface area (Å²) in [6.45, 7) is 1.30. The van der Waals surface area contributed by atoms with E-state index >= 15 is 0 Å². The zero-order valence-corrected chi connectivity index (χ0v) is 19.1. The summed E-state index contributed by atoms with van der Waals surface area (Å²) in [5.74, 6) is 0.671. The predicted octanol–water partition coefficient (Wildman–Crippen LogP) is 2.40. The molecular formula is C15H21ClIN5O2S2. The Kier molecular flexibility index (Phi) is 9.79. The third kappa shape index (κ3) is 6.99. The van der Waals surface area contributed by atoms with E-state index in [9.17, 15) is 8.42 Å². The summed E-state index contributed by atoms with van der Waals surface area (Å²) in [7, 11) is 0.0362. The Morgan fingerprint density at radius 2 is 2.12 bits per heavy atom. The first-order valence-electron chi connectivity index (χ1n) is 7.48. The van der Waals surface area contributed by atoms with Crippen LogP contribution in [0.1, 0.15) is 4.88 Å². The minimum atomic E-state index is -3.55. The van der Waals surface area contributed by atoms with Gasteiger partial charge in [0.15, 0.2) is 5.96 Å². The molecule has 0 amide bonds. The van der Waals surface area contributed by atoms with Gasteiger partial charge in [-0.25, -0.2) is 13.1 Å². The van der Waals surface area contributed by atoms with E-state index in [0.29, 0.717) is 19.0 Å². The van der Waals surface area contributed by atoms with Crippen molar-refractivity contribution in [2.24, 2.45) is 4.99 Å². The molecule has 26 heavy (non-hydrogen) atoms. The number of aromatic nitrogens is 1. The zero-order chi connectivity index (χ0) is 18.3. The lowest BCUT2D eigenvalue weighted by Gasteiger charge is -2.21. The lowest BCUT2D eigenvalue weighted by Crippen LogP contribution is -2.42. The van der Waals surface area contributed by atoms with Crippen LogP contribution in [-0.2, 0) is 16.6 Å². The molecule has 0 aliphatic carbocycles. The summed E-state index contributed by atoms with van der Waals surface area (Å²) in [6, 6.07) is 6.92. The minimum absolute atomic E-state index is 0. The molecule has 0 fully saturated rings. The topological polar surface area (TPSA) is 86.7 Å². The summed E-state index contributed by atoms with van der Waals surface area (Å²) in [6.07, 6.45) is 2.84. The second kappa shape index (κ2) is 11.0. The largest absolute Gasteiger partial charge is 0.355 e. The zero-order valence-electron chi connectivity index (χ0n) is 14.3. The Morgan fingerprint density at radius 1 is 1.35 bits per heavy atom. The van der Waals surface area contributed by atoms with E-state index in [0.717, 1.165) is 9.21 Å². The van der Waals surface area contributed by atoms with Crippen LogP contribution in [0.25, 0.3) is 0 Å². The molecule has 0 aliphatic heterocycles. The number of nitrogens with zero attached hydrogens (tertiary/aromatic N) is 3. The Bertz CT molecular complexity index is 814. The van der Waals surface area contributed by atoms with Gasteiger partial charge in [-0.05, 0) is 24.3 Å². The second-order valence-corrected chi connectivity index (χ2v) is 8.69. The molecule has 0 bridgehead atoms. The van der Waals surface area contributed by atoms with Crippen molar-refractivity contribution in [3.63, 3.8) is 0 Å². The molecule has 0 radical (unpaired) electrons. The molecule has 2 N–H and O–H groups in total. The van der Waals surface area contributed by atoms with E-state index in [2.05, 4.69) is 20.0 Å². The third-order valence-corrected chi connectivity index (χ3v) is 5.90. The molecule has 0 atom stereocenters. The van der Waals surface area contributed by atoms with Gasteiger partial charge in [-0.2, -0.15) is 0 Å². The first-order valence-corrected chi connectivity index (χ1v) is 10.2. The van der Waals surface area contributed by atoms with Crippen LogP contribution in [0.4, 0.5) is 0 Å². The molecule has 0 aromatic carbocycles. The highest BCUT2D eigenvalue weighted by Crippen LogP contribution is 2.22. The van der Waals surface area contributed by atoms with Crippen molar-refractivity contribution in [1.29, 1.82) is 0 Å². The maximum absolute atomic E-state index is 12.1. The first-order chi connectivity index (χ1) is 11.9. The molecule has 0 saturated carbocycles. The van der Waals surface area contributed by atoms with Crippen LogP contribution in [0.5, 0.6) is 0 Å². The highest BCUT2D eigenvalue weighted by atomic mass is 127. The number of nitrogens with one attached hydrogen (secondary N) is 2. The van der Waals surface area contributed by atoms with Crippen molar-refractivity contribution in [2.45, 2.75) is 11.4 Å². The van der Waals surface area contributed by atoms with Crippen LogP contribution in [-0.4, -0.2) is 51.4 Å². The van der Waals surface area contributed by atoms with Gasteiger partial charge in [0.1, 0.15) is 4.90 Å². The number of hydrogen-bond donors (Lipinski definition) is 2. The molecular weight excluding hydrogens is 509 g/mol. The first kappa shape index (κ1) is 23.1. The maximum Gasteiger partial charge on any atom is 0.242 e. The summed E-state index contributed by atoms with van der Waals surface area (Å²) < 4.78 is 27.5. The van der Waals surface area contributed by atoms with Gasteiger partial charge in [0.2, 0.25) is 10.0 Å². The number of hydrogen-bond acceptors (Lipinski definition) is 5. The lowest BCUT2D eigenvalue weighted by molar-refractivity contribution is 0.481. The van der Waals surface area contributed by atoms with E-state index in [-0.39, 0.29) is 35.4 Å². The van der Waals surface area contributed by atoms with E-state index in [4.69, 9.17) is 11.6 Å². The summed E-state index contributed by atoms with van der Waals surface area (Å²) in [5, 5.41) is 3.13. The van der Waals surface area contributed by atoms with Gasteiger partial charge in [0.05, 0.1) is 10.9 Å². The smallest absolute Gasteiger partial charge is 0.242 e. The fourth-order valence-electron chi connectivity index (χ4n) is 2.08. The number of halogens is 2. The Labute approximate surface area is 180 Å². The Morgan fingerprint density at radius 3 is 2.69 bits per heavy atom. The van der Waals surface area contributed by atoms with Crippen LogP contribution in [0.2, 0.25) is 4.34 Å². The molecule has 0 aliphatic rings. The fourth-order valence-corrected chi connectivity index (χ4v) is 4.22. The standard InChI is InChI=1S/C15H20ClN5O2S2.HI/c1-17-15(21(2)11-12-5-6-14(16)24-12)19-8-9-20-25(22,23)13-4-3-7-18-10-13;/h3-7,10,20H,8-9,11H2,1-2H3,(H,17,19);1H. The van der Waals surface area contributed by atoms with Crippen LogP contribution < -0.4 is 10.0 Å². The molecule has 2 heterocycles. The third-order valence-electron chi connectivity index (χ3n) is 3.24. The molecule has 2 aromatic heterocycles. The van der Waals surface area contributed by atoms with Crippen molar-refractivity contribution in [3.05, 3.63) is 45.9 Å². The number of aliphatic imine (C=N–C) groups is 1. The average molecular weight is 530 g/mol. The van der Waals surface area contributed by atoms with Gasteiger partial charge >= 0.3 is 0 Å². The molecule has 0 spiro atoms. The maximum atomic E-state index is 12.1. The SMILES string of the molecule is CN=C(NCCNS(=O)(=O)c1cccnc1)N(C)Cc1ccc(Cl)s1.I. The second-order valence-electron chi connectivity index (χ2n) is 5.12. The molecule has 2 aromatic rings. The predicted molar refractivity (Wildman–Crippen MR) is 117 cm³/mol. The minimum Gasteiger partial charge on any atom is -0.355 e. The van der Waals surface area contributed by atoms with Crippen LogP contribution in [0.15, 0.2) is 46.5 Å². The number of sulfonamides is 1. The van der Waals surface area contributed by atoms with Crippen molar-refractivity contribution in [1.82, 2.24) is 19.9 Å². The van der Waals surface area contributed by atoms with Crippen molar-refractivity contribution < 1.29 is 8.42 Å². The van der Waals surface area contributed by atoms with Crippen LogP contribution >= 0.6 is 46.9 Å². The molecule has 0 saturated heterocycles. The summed E-state index contributed by atoms with van der Waals surface area (Å²) >= 11 is 7.45. The Balaban J connectivity index is 0.00000338. The van der Waals surface area contributed by atoms with Crippen molar-refractivity contribution in [3.8, 4) is 0 Å². The molecule has 2 rings (SSSR count). The van der Waals surface area contributed by atoms with E-state index in [1.807, 2.05) is 24.1 Å². The van der Waals surface area contributed by atoms with Crippen molar-refractivity contribution in [2.75, 3.05) is 27.2 Å². The highest BCUT2D eigenvalue weighted by Gasteiger charge is 2.13. The van der Waals surface area contributed by atoms with Gasteiger partial charge in [-0.3, -0.25) is 9.98 Å². The number of rotatable bonds is 7. The van der Waals surface area contributed by atoms with Gasteiger partial charge in [-0.1, -0.05) is 11.6 Å². The fraction of sp³-hybridized carbons (Fsp3) is 0.333. The van der Waals surface area contributed by atoms with Crippen molar-refractivity contribution >= 4 is 62.9 Å². The molecule has 7 nitrogen and oxygen atoms in total. The van der Waals surface area contributed by atoms with Crippen LogP contribution in [0.3, 0.4) is 0 Å². The van der Waals surface area contributed by atoms with Gasteiger partial charge in [-0.15, -0.1) is 35.3 Å². The van der Waals surface area contributed by atoms with Gasteiger partial charge < -0.3 is 10.2 Å². The number of guanidine groups is 1. The van der Waals surface area contributed by atoms with E-state index in [1.54, 1.807) is 13.1 Å². The average Bonchev–Trinajstić information content (AvgIpc) is 3.00. The highest BCUT2D eigenvalue weighted by molar-refractivity contribution is 14.0. The molecule has 0 unspecified atom stereocenters. The summed E-state index contributed by atoms with van der Waals surface area (Å²) in [5.41, 5.74) is 0. The quantitative estimate of drug-likeness (QED) is 0.249. The number of pyridine rings is 1. The van der Waals surface area contributed by atoms with E-state index in [1.165, 1.54) is 29.8 Å². The van der Waals surface area contributed by atoms with Crippen LogP contribution in [0, 0.1) is 0 Å². The number of thiophene rings is 1. The van der Waals surface area contributed by atoms with Gasteiger partial charge in [0, 0.05) is 44.5 Å². The van der Waals surface area contributed by atoms with Gasteiger partial charge in [0.25, 0.3) is 0 Å².